The van der Waals surface area contributed by atoms with Crippen LogP contribution in [0.4, 0.5) is 5.69 Å². The van der Waals surface area contributed by atoms with E-state index in [-0.39, 0.29) is 42.8 Å². The smallest absolute Gasteiger partial charge is 0.262 e. The topological polar surface area (TPSA) is 93.5 Å². The minimum atomic E-state index is -0.208. The zero-order valence-corrected chi connectivity index (χ0v) is 17.9. The summed E-state index contributed by atoms with van der Waals surface area (Å²) in [4.78, 5) is 23.9. The van der Waals surface area contributed by atoms with Gasteiger partial charge in [-0.1, -0.05) is 31.2 Å². The molecule has 0 radical (unpaired) electrons. The number of amides is 2. The molecule has 0 bridgehead atoms. The molecule has 4 N–H and O–H groups in total. The highest BCUT2D eigenvalue weighted by molar-refractivity contribution is 5.91. The van der Waals surface area contributed by atoms with E-state index in [2.05, 4.69) is 10.6 Å². The van der Waals surface area contributed by atoms with E-state index in [1.807, 2.05) is 69.3 Å². The van der Waals surface area contributed by atoms with E-state index < -0.39 is 0 Å². The Morgan fingerprint density at radius 3 is 2.41 bits per heavy atom. The largest absolute Gasteiger partial charge is 0.484 e. The number of nitrogens with two attached hydrogens (primary N) is 1. The summed E-state index contributed by atoms with van der Waals surface area (Å²) < 4.78 is 5.53. The lowest BCUT2D eigenvalue weighted by Crippen LogP contribution is -2.39. The van der Waals surface area contributed by atoms with Crippen molar-refractivity contribution in [2.45, 2.75) is 33.2 Å². The second-order valence-electron chi connectivity index (χ2n) is 7.04. The Labute approximate surface area is 178 Å². The molecule has 2 atom stereocenters. The van der Waals surface area contributed by atoms with Gasteiger partial charge in [-0.15, -0.1) is 12.4 Å². The maximum Gasteiger partial charge on any atom is 0.262 e. The third-order valence-electron chi connectivity index (χ3n) is 4.51. The van der Waals surface area contributed by atoms with Gasteiger partial charge in [0.25, 0.3) is 5.91 Å². The summed E-state index contributed by atoms with van der Waals surface area (Å²) in [5.41, 5.74) is 8.64. The van der Waals surface area contributed by atoms with Gasteiger partial charge in [0.1, 0.15) is 5.75 Å². The third kappa shape index (κ3) is 8.54. The molecule has 6 nitrogen and oxygen atoms in total. The number of anilines is 1. The highest BCUT2D eigenvalue weighted by Crippen LogP contribution is 2.13. The monoisotopic (exact) mass is 419 g/mol. The van der Waals surface area contributed by atoms with E-state index in [1.54, 1.807) is 0 Å². The Hall–Kier alpha value is -2.57. The highest BCUT2D eigenvalue weighted by Gasteiger charge is 2.16. The Balaban J connectivity index is 0.00000420. The average Bonchev–Trinajstić information content (AvgIpc) is 2.66. The standard InChI is InChI=1S/C22H29N3O3.ClH/c1-15-5-4-6-19(13-15)25-21(26)14-28-20-9-7-18(8-10-20)11-12-24-22(27)16(2)17(3)23;/h4-10,13,16-17H,11-12,14,23H2,1-3H3,(H,24,27)(H,25,26);1H. The van der Waals surface area contributed by atoms with Crippen molar-refractivity contribution < 1.29 is 14.3 Å². The van der Waals surface area contributed by atoms with Gasteiger partial charge in [-0.25, -0.2) is 0 Å². The molecule has 29 heavy (non-hydrogen) atoms. The number of halogens is 1. The minimum absolute atomic E-state index is 0. The number of hydrogen-bond donors (Lipinski definition) is 3. The number of carbonyl (C=O) groups is 2. The maximum atomic E-state index is 12.0. The number of carbonyl (C=O) groups excluding carboxylic acids is 2. The van der Waals surface area contributed by atoms with Crippen LogP contribution in [0.5, 0.6) is 5.75 Å². The average molecular weight is 420 g/mol. The Morgan fingerprint density at radius 1 is 1.10 bits per heavy atom. The molecule has 0 aliphatic heterocycles. The number of rotatable bonds is 9. The second kappa shape index (κ2) is 12.1. The molecule has 0 spiro atoms. The van der Waals surface area contributed by atoms with E-state index in [4.69, 9.17) is 10.5 Å². The molecule has 0 saturated heterocycles. The summed E-state index contributed by atoms with van der Waals surface area (Å²) in [5, 5.41) is 5.70. The van der Waals surface area contributed by atoms with Crippen molar-refractivity contribution in [3.8, 4) is 5.75 Å². The third-order valence-corrected chi connectivity index (χ3v) is 4.51. The fraction of sp³-hybridized carbons (Fsp3) is 0.364. The lowest BCUT2D eigenvalue weighted by atomic mass is 10.0. The first-order valence-electron chi connectivity index (χ1n) is 9.46. The molecule has 2 aromatic carbocycles. The summed E-state index contributed by atoms with van der Waals surface area (Å²) in [5.74, 6) is 0.176. The maximum absolute atomic E-state index is 12.0. The number of ether oxygens (including phenoxy) is 1. The van der Waals surface area contributed by atoms with Crippen LogP contribution in [0.25, 0.3) is 0 Å². The van der Waals surface area contributed by atoms with Gasteiger partial charge in [-0.05, 0) is 55.7 Å². The van der Waals surface area contributed by atoms with Gasteiger partial charge >= 0.3 is 0 Å². The van der Waals surface area contributed by atoms with Crippen molar-refractivity contribution >= 4 is 29.9 Å². The molecule has 0 saturated carbocycles. The number of hydrogen-bond acceptors (Lipinski definition) is 4. The van der Waals surface area contributed by atoms with Crippen LogP contribution in [0.15, 0.2) is 48.5 Å². The molecule has 2 unspecified atom stereocenters. The van der Waals surface area contributed by atoms with E-state index in [9.17, 15) is 9.59 Å². The van der Waals surface area contributed by atoms with Gasteiger partial charge in [0, 0.05) is 24.2 Å². The van der Waals surface area contributed by atoms with Gasteiger partial charge in [-0.3, -0.25) is 9.59 Å². The first kappa shape index (κ1) is 24.5. The van der Waals surface area contributed by atoms with Crippen LogP contribution >= 0.6 is 12.4 Å². The molecule has 0 aliphatic carbocycles. The molecule has 2 aromatic rings. The van der Waals surface area contributed by atoms with Gasteiger partial charge in [0.15, 0.2) is 6.61 Å². The normalized spacial score (nSPS) is 12.3. The fourth-order valence-electron chi connectivity index (χ4n) is 2.55. The van der Waals surface area contributed by atoms with Gasteiger partial charge in [-0.2, -0.15) is 0 Å². The number of benzene rings is 2. The van der Waals surface area contributed by atoms with Crippen LogP contribution in [0.1, 0.15) is 25.0 Å². The Kier molecular flexibility index (Phi) is 10.2. The van der Waals surface area contributed by atoms with E-state index in [0.717, 1.165) is 16.8 Å². The van der Waals surface area contributed by atoms with Crippen molar-refractivity contribution in [1.82, 2.24) is 5.32 Å². The number of aryl methyl sites for hydroxylation is 1. The van der Waals surface area contributed by atoms with Crippen molar-refractivity contribution in [1.29, 1.82) is 0 Å². The zero-order chi connectivity index (χ0) is 20.5. The van der Waals surface area contributed by atoms with Crippen LogP contribution in [-0.2, 0) is 16.0 Å². The van der Waals surface area contributed by atoms with Gasteiger partial charge in [0.2, 0.25) is 5.91 Å². The molecule has 2 amide bonds. The van der Waals surface area contributed by atoms with Crippen molar-refractivity contribution in [3.05, 3.63) is 59.7 Å². The zero-order valence-electron chi connectivity index (χ0n) is 17.1. The van der Waals surface area contributed by atoms with Gasteiger partial charge < -0.3 is 21.1 Å². The van der Waals surface area contributed by atoms with Crippen molar-refractivity contribution in [3.63, 3.8) is 0 Å². The lowest BCUT2D eigenvalue weighted by molar-refractivity contribution is -0.124. The van der Waals surface area contributed by atoms with Gasteiger partial charge in [0.05, 0.1) is 0 Å². The molecule has 0 heterocycles. The minimum Gasteiger partial charge on any atom is -0.484 e. The molecular weight excluding hydrogens is 390 g/mol. The van der Waals surface area contributed by atoms with E-state index in [1.165, 1.54) is 0 Å². The summed E-state index contributed by atoms with van der Waals surface area (Å²) in [6.45, 7) is 6.11. The lowest BCUT2D eigenvalue weighted by Gasteiger charge is -2.15. The SMILES string of the molecule is Cc1cccc(NC(=O)COc2ccc(CCNC(=O)C(C)C(C)N)cc2)c1.Cl. The molecular formula is C22H30ClN3O3. The van der Waals surface area contributed by atoms with Crippen molar-refractivity contribution in [2.24, 2.45) is 11.7 Å². The number of nitrogens with one attached hydrogen (secondary N) is 2. The molecule has 0 fully saturated rings. The van der Waals surface area contributed by atoms with Crippen LogP contribution < -0.4 is 21.1 Å². The summed E-state index contributed by atoms with van der Waals surface area (Å²) in [6, 6.07) is 14.9. The fourth-order valence-corrected chi connectivity index (χ4v) is 2.55. The first-order valence-corrected chi connectivity index (χ1v) is 9.46. The predicted molar refractivity (Wildman–Crippen MR) is 119 cm³/mol. The molecule has 0 aromatic heterocycles. The van der Waals surface area contributed by atoms with E-state index >= 15 is 0 Å². The van der Waals surface area contributed by atoms with Crippen LogP contribution in [0, 0.1) is 12.8 Å². The first-order chi connectivity index (χ1) is 13.3. The quantitative estimate of drug-likeness (QED) is 0.582. The molecule has 2 rings (SSSR count). The second-order valence-corrected chi connectivity index (χ2v) is 7.04. The Morgan fingerprint density at radius 2 is 1.79 bits per heavy atom. The van der Waals surface area contributed by atoms with Crippen LogP contribution in [0.3, 0.4) is 0 Å². The molecule has 0 aliphatic rings. The van der Waals surface area contributed by atoms with Crippen molar-refractivity contribution in [2.75, 3.05) is 18.5 Å². The Bertz CT molecular complexity index is 794. The molecule has 158 valence electrons. The van der Waals surface area contributed by atoms with Crippen LogP contribution in [0.2, 0.25) is 0 Å². The molecule has 7 heteroatoms. The highest BCUT2D eigenvalue weighted by atomic mass is 35.5. The summed E-state index contributed by atoms with van der Waals surface area (Å²) in [6.07, 6.45) is 0.714. The van der Waals surface area contributed by atoms with Crippen LogP contribution in [-0.4, -0.2) is 31.0 Å². The summed E-state index contributed by atoms with van der Waals surface area (Å²) >= 11 is 0. The van der Waals surface area contributed by atoms with E-state index in [0.29, 0.717) is 18.7 Å². The summed E-state index contributed by atoms with van der Waals surface area (Å²) in [7, 11) is 0. The predicted octanol–water partition coefficient (Wildman–Crippen LogP) is 3.08.